The topological polar surface area (TPSA) is 246 Å². The maximum atomic E-state index is 12.1. The number of nitrogen functional groups attached to an aromatic ring is 1. The molecule has 0 bridgehead atoms. The van der Waals surface area contributed by atoms with Crippen molar-refractivity contribution < 1.29 is 44.0 Å². The Morgan fingerprint density at radius 2 is 1.36 bits per heavy atom. The average molecular weight is 595 g/mol. The van der Waals surface area contributed by atoms with Crippen LogP contribution in [0.25, 0.3) is 10.8 Å². The first-order chi connectivity index (χ1) is 18.0. The lowest BCUT2D eigenvalue weighted by atomic mass is 10.1. The second kappa shape index (κ2) is 9.88. The highest BCUT2D eigenvalue weighted by Gasteiger charge is 2.23. The van der Waals surface area contributed by atoms with E-state index in [1.165, 1.54) is 42.5 Å². The zero-order valence-electron chi connectivity index (χ0n) is 19.3. The van der Waals surface area contributed by atoms with Crippen molar-refractivity contribution in [3.8, 4) is 5.75 Å². The molecule has 4 aromatic rings. The Balaban J connectivity index is 1.82. The van der Waals surface area contributed by atoms with Crippen LogP contribution in [0.5, 0.6) is 5.75 Å². The van der Waals surface area contributed by atoms with Crippen LogP contribution in [0.15, 0.2) is 91.6 Å². The van der Waals surface area contributed by atoms with Gasteiger partial charge in [-0.25, -0.2) is 0 Å². The van der Waals surface area contributed by atoms with Crippen LogP contribution in [-0.4, -0.2) is 44.0 Å². The zero-order valence-corrected chi connectivity index (χ0v) is 21.7. The third-order valence-electron chi connectivity index (χ3n) is 5.27. The second-order valence-corrected chi connectivity index (χ2v) is 12.2. The second-order valence-electron chi connectivity index (χ2n) is 8.01. The van der Waals surface area contributed by atoms with Gasteiger partial charge in [-0.15, -0.1) is 10.2 Å². The van der Waals surface area contributed by atoms with Gasteiger partial charge in [-0.3, -0.25) is 13.7 Å². The van der Waals surface area contributed by atoms with Gasteiger partial charge in [0.05, 0.1) is 4.90 Å². The molecule has 204 valence electrons. The fourth-order valence-electron chi connectivity index (χ4n) is 3.55. The van der Waals surface area contributed by atoms with Crippen molar-refractivity contribution in [1.29, 1.82) is 0 Å². The fourth-order valence-corrected chi connectivity index (χ4v) is 5.39. The highest BCUT2D eigenvalue weighted by molar-refractivity contribution is 7.86. The van der Waals surface area contributed by atoms with E-state index in [0.29, 0.717) is 5.69 Å². The van der Waals surface area contributed by atoms with E-state index in [1.807, 2.05) is 0 Å². The van der Waals surface area contributed by atoms with Crippen LogP contribution in [0, 0.1) is 0 Å². The predicted molar refractivity (Wildman–Crippen MR) is 140 cm³/mol. The summed E-state index contributed by atoms with van der Waals surface area (Å²) in [6.07, 6.45) is 0. The van der Waals surface area contributed by atoms with Gasteiger partial charge in [0.25, 0.3) is 30.4 Å². The molecular weight excluding hydrogens is 576 g/mol. The first-order valence-corrected chi connectivity index (χ1v) is 14.8. The van der Waals surface area contributed by atoms with E-state index >= 15 is 0 Å². The standard InChI is InChI=1S/C22H18N4O10S3/c23-13-4-7-18(19(10-13)38(31,32)33)25-26-21-20(39(34,35)36)9-12-8-15(5-6-17(12)22(21)27)24-14-2-1-3-16(11-14)37(28,29)30/h1-11,24,27H,23H2,(H,28,29,30)(H,31,32,33)(H,34,35,36). The quantitative estimate of drug-likeness (QED) is 0.101. The lowest BCUT2D eigenvalue weighted by Gasteiger charge is -2.12. The number of aromatic hydroxyl groups is 1. The molecule has 0 unspecified atom stereocenters. The van der Waals surface area contributed by atoms with Gasteiger partial charge in [-0.05, 0) is 66.0 Å². The number of phenols is 1. The SMILES string of the molecule is Nc1ccc(N=Nc2c(S(=O)(=O)O)cc3cc(Nc4cccc(S(=O)(=O)O)c4)ccc3c2O)c(S(=O)(=O)O)c1. The number of phenolic OH excluding ortho intramolecular Hbond substituents is 1. The number of azo groups is 1. The van der Waals surface area contributed by atoms with Gasteiger partial charge in [-0.1, -0.05) is 6.07 Å². The third kappa shape index (κ3) is 6.14. The highest BCUT2D eigenvalue weighted by atomic mass is 32.2. The molecule has 0 aliphatic rings. The molecule has 0 saturated carbocycles. The lowest BCUT2D eigenvalue weighted by Crippen LogP contribution is -2.00. The largest absolute Gasteiger partial charge is 0.505 e. The van der Waals surface area contributed by atoms with E-state index < -0.39 is 57.3 Å². The number of nitrogens with zero attached hydrogens (tertiary/aromatic N) is 2. The Bertz CT molecular complexity index is 1990. The van der Waals surface area contributed by atoms with E-state index in [2.05, 4.69) is 15.5 Å². The summed E-state index contributed by atoms with van der Waals surface area (Å²) in [7, 11) is -14.3. The summed E-state index contributed by atoms with van der Waals surface area (Å²) in [6, 6.07) is 13.6. The van der Waals surface area contributed by atoms with Gasteiger partial charge in [0.1, 0.15) is 21.2 Å². The van der Waals surface area contributed by atoms with Gasteiger partial charge in [0.15, 0.2) is 5.75 Å². The van der Waals surface area contributed by atoms with Gasteiger partial charge in [-0.2, -0.15) is 25.3 Å². The van der Waals surface area contributed by atoms with E-state index in [9.17, 15) is 44.0 Å². The molecule has 0 heterocycles. The summed E-state index contributed by atoms with van der Waals surface area (Å²) in [5, 5.41) is 21.1. The smallest absolute Gasteiger partial charge is 0.296 e. The summed E-state index contributed by atoms with van der Waals surface area (Å²) in [5.41, 5.74) is 4.94. The minimum Gasteiger partial charge on any atom is -0.505 e. The van der Waals surface area contributed by atoms with Gasteiger partial charge >= 0.3 is 0 Å². The molecule has 7 N–H and O–H groups in total. The Kier molecular flexibility index (Phi) is 7.06. The van der Waals surface area contributed by atoms with Crippen LogP contribution < -0.4 is 11.1 Å². The lowest BCUT2D eigenvalue weighted by molar-refractivity contribution is 0.472. The normalized spacial score (nSPS) is 12.7. The molecule has 17 heteroatoms. The molecule has 4 aromatic carbocycles. The van der Waals surface area contributed by atoms with Crippen molar-refractivity contribution in [2.24, 2.45) is 10.2 Å². The summed E-state index contributed by atoms with van der Waals surface area (Å²) in [4.78, 5) is -1.97. The monoisotopic (exact) mass is 594 g/mol. The number of nitrogens with two attached hydrogens (primary N) is 1. The highest BCUT2D eigenvalue weighted by Crippen LogP contribution is 2.42. The predicted octanol–water partition coefficient (Wildman–Crippen LogP) is 4.03. The molecular formula is C22H18N4O10S3. The van der Waals surface area contributed by atoms with Crippen LogP contribution in [0.4, 0.5) is 28.4 Å². The Hall–Kier alpha value is -4.13. The van der Waals surface area contributed by atoms with Crippen molar-refractivity contribution >= 4 is 69.6 Å². The minimum absolute atomic E-state index is 0.0251. The molecule has 0 saturated heterocycles. The van der Waals surface area contributed by atoms with Crippen molar-refractivity contribution in [3.63, 3.8) is 0 Å². The number of hydrogen-bond donors (Lipinski definition) is 6. The van der Waals surface area contributed by atoms with E-state index in [4.69, 9.17) is 5.73 Å². The summed E-state index contributed by atoms with van der Waals surface area (Å²) < 4.78 is 98.9. The van der Waals surface area contributed by atoms with Crippen molar-refractivity contribution in [3.05, 3.63) is 66.7 Å². The van der Waals surface area contributed by atoms with Gasteiger partial charge in [0.2, 0.25) is 0 Å². The van der Waals surface area contributed by atoms with Gasteiger partial charge < -0.3 is 16.2 Å². The number of benzene rings is 4. The van der Waals surface area contributed by atoms with Crippen molar-refractivity contribution in [1.82, 2.24) is 0 Å². The Morgan fingerprint density at radius 1 is 0.692 bits per heavy atom. The number of anilines is 3. The number of hydrogen-bond acceptors (Lipinski definition) is 11. The number of rotatable bonds is 7. The maximum Gasteiger partial charge on any atom is 0.296 e. The first kappa shape index (κ1) is 27.9. The van der Waals surface area contributed by atoms with E-state index in [0.717, 1.165) is 24.3 Å². The molecule has 0 aliphatic carbocycles. The fraction of sp³-hybridized carbons (Fsp3) is 0. The summed E-state index contributed by atoms with van der Waals surface area (Å²) in [5.74, 6) is -0.729. The Labute approximate surface area is 221 Å². The van der Waals surface area contributed by atoms with E-state index in [1.54, 1.807) is 0 Å². The molecule has 14 nitrogen and oxygen atoms in total. The molecule has 0 fully saturated rings. The Morgan fingerprint density at radius 3 is 2.00 bits per heavy atom. The molecule has 0 amide bonds. The van der Waals surface area contributed by atoms with E-state index in [-0.39, 0.29) is 27.0 Å². The summed E-state index contributed by atoms with van der Waals surface area (Å²) in [6.45, 7) is 0. The molecule has 0 radical (unpaired) electrons. The van der Waals surface area contributed by atoms with Crippen LogP contribution in [0.1, 0.15) is 0 Å². The zero-order chi connectivity index (χ0) is 28.8. The molecule has 0 aliphatic heterocycles. The van der Waals surface area contributed by atoms with Crippen LogP contribution in [0.3, 0.4) is 0 Å². The summed E-state index contributed by atoms with van der Waals surface area (Å²) >= 11 is 0. The van der Waals surface area contributed by atoms with Crippen LogP contribution >= 0.6 is 0 Å². The molecule has 0 aromatic heterocycles. The molecule has 0 spiro atoms. The first-order valence-electron chi connectivity index (χ1n) is 10.4. The number of fused-ring (bicyclic) bond motifs is 1. The number of nitrogens with one attached hydrogen (secondary N) is 1. The average Bonchev–Trinajstić information content (AvgIpc) is 2.82. The van der Waals surface area contributed by atoms with Crippen molar-refractivity contribution in [2.75, 3.05) is 11.1 Å². The van der Waals surface area contributed by atoms with Crippen molar-refractivity contribution in [2.45, 2.75) is 14.7 Å². The van der Waals surface area contributed by atoms with Gasteiger partial charge in [0, 0.05) is 22.4 Å². The minimum atomic E-state index is -5.01. The molecule has 4 rings (SSSR count). The third-order valence-corrected chi connectivity index (χ3v) is 7.87. The maximum absolute atomic E-state index is 12.1. The molecule has 0 atom stereocenters. The molecule has 39 heavy (non-hydrogen) atoms. The van der Waals surface area contributed by atoms with Crippen LogP contribution in [0.2, 0.25) is 0 Å². The van der Waals surface area contributed by atoms with Crippen LogP contribution in [-0.2, 0) is 30.4 Å².